The summed E-state index contributed by atoms with van der Waals surface area (Å²) in [6.45, 7) is -0.739. The molecule has 3 N–H and O–H groups in total. The molecular weight excluding hydrogens is 382 g/mol. The van der Waals surface area contributed by atoms with E-state index in [0.717, 1.165) is 12.1 Å². The quantitative estimate of drug-likeness (QED) is 0.493. The van der Waals surface area contributed by atoms with Crippen molar-refractivity contribution in [3.63, 3.8) is 0 Å². The highest BCUT2D eigenvalue weighted by Gasteiger charge is 2.27. The predicted molar refractivity (Wildman–Crippen MR) is 91.5 cm³/mol. The number of fused-ring (bicyclic) bond motifs is 1. The molecule has 0 atom stereocenters. The van der Waals surface area contributed by atoms with Crippen molar-refractivity contribution in [2.75, 3.05) is 6.61 Å². The number of alkyl halides is 3. The Morgan fingerprint density at radius 3 is 2.75 bits per heavy atom. The standard InChI is InChI=1S/C17H13F4N5O2/c18-11-5-10(7-25-16(11)28-4-3-17(19,20)21)12-8-24-15-14(26-12)9(6-23-15)1-2-13(22)27/h1-2,5-8H,3-4H2,(H2,22,27)(H,23,24). The largest absolute Gasteiger partial charge is 0.475 e. The second-order valence-electron chi connectivity index (χ2n) is 5.66. The zero-order valence-electron chi connectivity index (χ0n) is 14.1. The third-order valence-corrected chi connectivity index (χ3v) is 3.56. The van der Waals surface area contributed by atoms with Crippen molar-refractivity contribution in [2.45, 2.75) is 12.6 Å². The molecule has 0 unspecified atom stereocenters. The summed E-state index contributed by atoms with van der Waals surface area (Å²) < 4.78 is 55.3. The van der Waals surface area contributed by atoms with Crippen molar-refractivity contribution in [2.24, 2.45) is 5.73 Å². The molecule has 0 aliphatic heterocycles. The van der Waals surface area contributed by atoms with E-state index in [-0.39, 0.29) is 11.3 Å². The monoisotopic (exact) mass is 395 g/mol. The smallest absolute Gasteiger partial charge is 0.392 e. The molecule has 3 aromatic rings. The van der Waals surface area contributed by atoms with Crippen LogP contribution in [0.25, 0.3) is 28.5 Å². The summed E-state index contributed by atoms with van der Waals surface area (Å²) in [6.07, 6.45) is 1.16. The van der Waals surface area contributed by atoms with Crippen molar-refractivity contribution in [3.8, 4) is 17.1 Å². The van der Waals surface area contributed by atoms with Gasteiger partial charge in [0.25, 0.3) is 0 Å². The summed E-state index contributed by atoms with van der Waals surface area (Å²) in [4.78, 5) is 26.0. The Hall–Kier alpha value is -3.50. The molecule has 28 heavy (non-hydrogen) atoms. The maximum Gasteiger partial charge on any atom is 0.392 e. The van der Waals surface area contributed by atoms with E-state index >= 15 is 0 Å². The third kappa shape index (κ3) is 4.61. The number of rotatable bonds is 6. The molecule has 0 fully saturated rings. The number of nitrogens with two attached hydrogens (primary N) is 1. The van der Waals surface area contributed by atoms with E-state index in [1.165, 1.54) is 18.5 Å². The first-order valence-corrected chi connectivity index (χ1v) is 7.90. The van der Waals surface area contributed by atoms with Crippen LogP contribution < -0.4 is 10.5 Å². The highest BCUT2D eigenvalue weighted by molar-refractivity contribution is 5.93. The molecule has 0 bridgehead atoms. The second kappa shape index (κ2) is 7.62. The number of ether oxygens (including phenoxy) is 1. The van der Waals surface area contributed by atoms with E-state index in [0.29, 0.717) is 16.7 Å². The zero-order chi connectivity index (χ0) is 20.3. The van der Waals surface area contributed by atoms with Crippen LogP contribution in [0.5, 0.6) is 5.88 Å². The second-order valence-corrected chi connectivity index (χ2v) is 5.66. The van der Waals surface area contributed by atoms with E-state index in [1.807, 2.05) is 0 Å². The molecular formula is C17H13F4N5O2. The van der Waals surface area contributed by atoms with Crippen molar-refractivity contribution < 1.29 is 27.1 Å². The molecule has 7 nitrogen and oxygen atoms in total. The molecule has 1 amide bonds. The average molecular weight is 395 g/mol. The van der Waals surface area contributed by atoms with Gasteiger partial charge in [0.05, 0.1) is 24.9 Å². The lowest BCUT2D eigenvalue weighted by atomic mass is 10.2. The van der Waals surface area contributed by atoms with Crippen LogP contribution in [-0.4, -0.2) is 38.6 Å². The number of halogens is 4. The van der Waals surface area contributed by atoms with E-state index in [2.05, 4.69) is 19.9 Å². The van der Waals surface area contributed by atoms with Crippen LogP contribution in [0.15, 0.2) is 30.7 Å². The highest BCUT2D eigenvalue weighted by Crippen LogP contribution is 2.25. The lowest BCUT2D eigenvalue weighted by molar-refractivity contribution is -0.139. The molecule has 11 heteroatoms. The van der Waals surface area contributed by atoms with Crippen LogP contribution in [0.4, 0.5) is 17.6 Å². The van der Waals surface area contributed by atoms with Gasteiger partial charge in [-0.3, -0.25) is 4.79 Å². The molecule has 0 aromatic carbocycles. The number of H-pyrrole nitrogens is 1. The fourth-order valence-electron chi connectivity index (χ4n) is 2.28. The minimum atomic E-state index is -4.40. The summed E-state index contributed by atoms with van der Waals surface area (Å²) in [7, 11) is 0. The van der Waals surface area contributed by atoms with Gasteiger partial charge >= 0.3 is 6.18 Å². The number of hydrogen-bond acceptors (Lipinski definition) is 5. The Balaban J connectivity index is 1.85. The first-order valence-electron chi connectivity index (χ1n) is 7.90. The van der Waals surface area contributed by atoms with Crippen LogP contribution in [0.2, 0.25) is 0 Å². The molecule has 3 rings (SSSR count). The van der Waals surface area contributed by atoms with Gasteiger partial charge in [-0.05, 0) is 12.1 Å². The Morgan fingerprint density at radius 2 is 2.07 bits per heavy atom. The maximum atomic E-state index is 14.1. The Bertz CT molecular complexity index is 1050. The van der Waals surface area contributed by atoms with Crippen molar-refractivity contribution in [1.29, 1.82) is 0 Å². The summed E-state index contributed by atoms with van der Waals surface area (Å²) in [6, 6.07) is 1.04. The minimum absolute atomic E-state index is 0.251. The van der Waals surface area contributed by atoms with Gasteiger partial charge in [0, 0.05) is 29.6 Å². The summed E-state index contributed by atoms with van der Waals surface area (Å²) in [5.41, 5.74) is 6.99. The molecule has 0 saturated carbocycles. The van der Waals surface area contributed by atoms with E-state index in [9.17, 15) is 22.4 Å². The van der Waals surface area contributed by atoms with E-state index in [4.69, 9.17) is 10.5 Å². The Morgan fingerprint density at radius 1 is 1.29 bits per heavy atom. The lowest BCUT2D eigenvalue weighted by Crippen LogP contribution is -2.13. The number of pyridine rings is 1. The van der Waals surface area contributed by atoms with Gasteiger partial charge in [-0.25, -0.2) is 19.3 Å². The molecule has 3 aromatic heterocycles. The SMILES string of the molecule is NC(=O)C=Cc1c[nH]c2ncc(-c3cnc(OCCC(F)(F)F)c(F)c3)nc12. The number of primary amides is 1. The fourth-order valence-corrected chi connectivity index (χ4v) is 2.28. The predicted octanol–water partition coefficient (Wildman–Crippen LogP) is 2.99. The molecule has 0 saturated heterocycles. The van der Waals surface area contributed by atoms with E-state index in [1.54, 1.807) is 6.20 Å². The number of aromatic nitrogens is 4. The summed E-state index contributed by atoms with van der Waals surface area (Å²) in [5, 5.41) is 0. The zero-order valence-corrected chi connectivity index (χ0v) is 14.1. The van der Waals surface area contributed by atoms with Gasteiger partial charge in [-0.2, -0.15) is 13.2 Å². The third-order valence-electron chi connectivity index (χ3n) is 3.56. The summed E-state index contributed by atoms with van der Waals surface area (Å²) in [5.74, 6) is -2.09. The van der Waals surface area contributed by atoms with Gasteiger partial charge in [0.2, 0.25) is 11.8 Å². The van der Waals surface area contributed by atoms with Crippen molar-refractivity contribution >= 4 is 23.1 Å². The molecule has 0 aliphatic carbocycles. The number of amides is 1. The Kier molecular flexibility index (Phi) is 5.25. The molecule has 146 valence electrons. The number of carbonyl (C=O) groups excluding carboxylic acids is 1. The maximum absolute atomic E-state index is 14.1. The van der Waals surface area contributed by atoms with Gasteiger partial charge in [-0.15, -0.1) is 0 Å². The van der Waals surface area contributed by atoms with Crippen LogP contribution in [0.3, 0.4) is 0 Å². The molecule has 0 spiro atoms. The lowest BCUT2D eigenvalue weighted by Gasteiger charge is -2.09. The molecule has 3 heterocycles. The number of nitrogens with zero attached hydrogens (tertiary/aromatic N) is 3. The van der Waals surface area contributed by atoms with Crippen LogP contribution in [-0.2, 0) is 4.79 Å². The Labute approximate surface area is 155 Å². The van der Waals surface area contributed by atoms with Gasteiger partial charge < -0.3 is 15.5 Å². The first-order chi connectivity index (χ1) is 13.2. The highest BCUT2D eigenvalue weighted by atomic mass is 19.4. The van der Waals surface area contributed by atoms with Gasteiger partial charge in [-0.1, -0.05) is 0 Å². The number of aromatic amines is 1. The number of carbonyl (C=O) groups is 1. The normalized spacial score (nSPS) is 12.0. The van der Waals surface area contributed by atoms with Crippen LogP contribution in [0.1, 0.15) is 12.0 Å². The number of nitrogens with one attached hydrogen (secondary N) is 1. The fraction of sp³-hybridized carbons (Fsp3) is 0.176. The topological polar surface area (TPSA) is 107 Å². The van der Waals surface area contributed by atoms with Gasteiger partial charge in [0.15, 0.2) is 11.5 Å². The summed E-state index contributed by atoms with van der Waals surface area (Å²) >= 11 is 0. The molecule has 0 radical (unpaired) electrons. The van der Waals surface area contributed by atoms with Gasteiger partial charge in [0.1, 0.15) is 5.52 Å². The van der Waals surface area contributed by atoms with Crippen LogP contribution in [0, 0.1) is 5.82 Å². The average Bonchev–Trinajstić information content (AvgIpc) is 3.02. The van der Waals surface area contributed by atoms with Crippen molar-refractivity contribution in [1.82, 2.24) is 19.9 Å². The van der Waals surface area contributed by atoms with Crippen LogP contribution >= 0.6 is 0 Å². The first kappa shape index (κ1) is 19.3. The van der Waals surface area contributed by atoms with Crippen molar-refractivity contribution in [3.05, 3.63) is 42.1 Å². The minimum Gasteiger partial charge on any atom is -0.475 e. The number of hydrogen-bond donors (Lipinski definition) is 2. The molecule has 0 aliphatic rings. The van der Waals surface area contributed by atoms with E-state index < -0.39 is 36.8 Å².